The van der Waals surface area contributed by atoms with E-state index in [2.05, 4.69) is 4.98 Å². The van der Waals surface area contributed by atoms with E-state index < -0.39 is 6.10 Å². The molecule has 1 aromatic carbocycles. The van der Waals surface area contributed by atoms with E-state index in [1.807, 2.05) is 12.1 Å². The van der Waals surface area contributed by atoms with E-state index in [0.29, 0.717) is 22.8 Å². The largest absolute Gasteiger partial charge is 0.493 e. The van der Waals surface area contributed by atoms with Gasteiger partial charge in [0.2, 0.25) is 0 Å². The van der Waals surface area contributed by atoms with Gasteiger partial charge in [0.1, 0.15) is 6.10 Å². The smallest absolute Gasteiger partial charge is 0.161 e. The van der Waals surface area contributed by atoms with Crippen LogP contribution in [0.3, 0.4) is 0 Å². The summed E-state index contributed by atoms with van der Waals surface area (Å²) in [6.45, 7) is 0. The SMILES string of the molecule is COc1ccc(C(O)c2ccccn2)cc1OC. The first-order chi connectivity index (χ1) is 8.76. The van der Waals surface area contributed by atoms with Crippen LogP contribution in [0.25, 0.3) is 0 Å². The lowest BCUT2D eigenvalue weighted by molar-refractivity contribution is 0.214. The highest BCUT2D eigenvalue weighted by Gasteiger charge is 2.14. The van der Waals surface area contributed by atoms with Gasteiger partial charge in [-0.2, -0.15) is 0 Å². The zero-order chi connectivity index (χ0) is 13.0. The zero-order valence-corrected chi connectivity index (χ0v) is 10.3. The summed E-state index contributed by atoms with van der Waals surface area (Å²) < 4.78 is 10.4. The summed E-state index contributed by atoms with van der Waals surface area (Å²) in [4.78, 5) is 4.13. The predicted octanol–water partition coefficient (Wildman–Crippen LogP) is 2.18. The Hall–Kier alpha value is -2.07. The van der Waals surface area contributed by atoms with Gasteiger partial charge >= 0.3 is 0 Å². The van der Waals surface area contributed by atoms with Crippen LogP contribution >= 0.6 is 0 Å². The second-order valence-corrected chi connectivity index (χ2v) is 3.77. The Morgan fingerprint density at radius 1 is 1.06 bits per heavy atom. The number of aliphatic hydroxyl groups excluding tert-OH is 1. The highest BCUT2D eigenvalue weighted by Crippen LogP contribution is 2.31. The van der Waals surface area contributed by atoms with Gasteiger partial charge in [0.15, 0.2) is 11.5 Å². The Labute approximate surface area is 106 Å². The zero-order valence-electron chi connectivity index (χ0n) is 10.3. The van der Waals surface area contributed by atoms with Crippen LogP contribution in [0.1, 0.15) is 17.4 Å². The average molecular weight is 245 g/mol. The number of hydrogen-bond acceptors (Lipinski definition) is 4. The molecule has 94 valence electrons. The topological polar surface area (TPSA) is 51.6 Å². The molecule has 0 saturated heterocycles. The van der Waals surface area contributed by atoms with E-state index in [-0.39, 0.29) is 0 Å². The standard InChI is InChI=1S/C14H15NO3/c1-17-12-7-6-10(9-13(12)18-2)14(16)11-5-3-4-8-15-11/h3-9,14,16H,1-2H3. The predicted molar refractivity (Wildman–Crippen MR) is 67.8 cm³/mol. The van der Waals surface area contributed by atoms with Gasteiger partial charge < -0.3 is 14.6 Å². The molecule has 18 heavy (non-hydrogen) atoms. The normalized spacial score (nSPS) is 11.9. The lowest BCUT2D eigenvalue weighted by Crippen LogP contribution is -2.02. The fraction of sp³-hybridized carbons (Fsp3) is 0.214. The molecule has 0 aliphatic heterocycles. The maximum absolute atomic E-state index is 10.2. The molecular weight excluding hydrogens is 230 g/mol. The van der Waals surface area contributed by atoms with Crippen LogP contribution in [-0.4, -0.2) is 24.3 Å². The molecule has 1 N–H and O–H groups in total. The summed E-state index contributed by atoms with van der Waals surface area (Å²) in [6, 6.07) is 10.7. The first-order valence-corrected chi connectivity index (χ1v) is 5.57. The minimum Gasteiger partial charge on any atom is -0.493 e. The monoisotopic (exact) mass is 245 g/mol. The van der Waals surface area contributed by atoms with Crippen molar-refractivity contribution in [2.75, 3.05) is 14.2 Å². The number of nitrogens with zero attached hydrogens (tertiary/aromatic N) is 1. The Morgan fingerprint density at radius 2 is 1.83 bits per heavy atom. The number of pyridine rings is 1. The van der Waals surface area contributed by atoms with Crippen LogP contribution in [0, 0.1) is 0 Å². The first kappa shape index (κ1) is 12.4. The molecule has 0 saturated carbocycles. The van der Waals surface area contributed by atoms with Crippen molar-refractivity contribution in [3.63, 3.8) is 0 Å². The van der Waals surface area contributed by atoms with Crippen molar-refractivity contribution < 1.29 is 14.6 Å². The highest BCUT2D eigenvalue weighted by atomic mass is 16.5. The third kappa shape index (κ3) is 2.43. The van der Waals surface area contributed by atoms with Crippen LogP contribution in [0.4, 0.5) is 0 Å². The van der Waals surface area contributed by atoms with E-state index in [4.69, 9.17) is 9.47 Å². The Morgan fingerprint density at radius 3 is 2.44 bits per heavy atom. The molecule has 0 spiro atoms. The Balaban J connectivity index is 2.34. The van der Waals surface area contributed by atoms with Gasteiger partial charge in [-0.25, -0.2) is 0 Å². The van der Waals surface area contributed by atoms with Gasteiger partial charge in [0.25, 0.3) is 0 Å². The van der Waals surface area contributed by atoms with Crippen molar-refractivity contribution in [1.29, 1.82) is 0 Å². The van der Waals surface area contributed by atoms with Crippen molar-refractivity contribution in [3.8, 4) is 11.5 Å². The van der Waals surface area contributed by atoms with E-state index in [9.17, 15) is 5.11 Å². The summed E-state index contributed by atoms with van der Waals surface area (Å²) in [5, 5.41) is 10.2. The van der Waals surface area contributed by atoms with Crippen LogP contribution in [-0.2, 0) is 0 Å². The van der Waals surface area contributed by atoms with Crippen LogP contribution in [0.2, 0.25) is 0 Å². The second kappa shape index (κ2) is 5.51. The van der Waals surface area contributed by atoms with Gasteiger partial charge in [0.05, 0.1) is 19.9 Å². The molecule has 4 nitrogen and oxygen atoms in total. The molecular formula is C14H15NO3. The van der Waals surface area contributed by atoms with Gasteiger partial charge in [-0.05, 0) is 29.8 Å². The van der Waals surface area contributed by atoms with Crippen molar-refractivity contribution in [1.82, 2.24) is 4.98 Å². The van der Waals surface area contributed by atoms with Crippen LogP contribution < -0.4 is 9.47 Å². The number of aromatic nitrogens is 1. The average Bonchev–Trinajstić information content (AvgIpc) is 2.46. The molecule has 1 heterocycles. The molecule has 0 amide bonds. The van der Waals surface area contributed by atoms with E-state index in [1.54, 1.807) is 44.7 Å². The molecule has 0 bridgehead atoms. The van der Waals surface area contributed by atoms with Gasteiger partial charge in [0, 0.05) is 6.20 Å². The number of hydrogen-bond donors (Lipinski definition) is 1. The third-order valence-corrected chi connectivity index (χ3v) is 2.69. The molecule has 1 unspecified atom stereocenters. The fourth-order valence-corrected chi connectivity index (χ4v) is 1.73. The molecule has 0 aliphatic rings. The number of aliphatic hydroxyl groups is 1. The van der Waals surface area contributed by atoms with Gasteiger partial charge in [-0.15, -0.1) is 0 Å². The number of benzene rings is 1. The van der Waals surface area contributed by atoms with Crippen molar-refractivity contribution in [2.24, 2.45) is 0 Å². The first-order valence-electron chi connectivity index (χ1n) is 5.57. The fourth-order valence-electron chi connectivity index (χ4n) is 1.73. The van der Waals surface area contributed by atoms with Gasteiger partial charge in [-0.3, -0.25) is 4.98 Å². The molecule has 1 atom stereocenters. The van der Waals surface area contributed by atoms with Crippen LogP contribution in [0.5, 0.6) is 11.5 Å². The Bertz CT molecular complexity index is 514. The molecule has 2 rings (SSSR count). The highest BCUT2D eigenvalue weighted by molar-refractivity contribution is 5.44. The maximum atomic E-state index is 10.2. The van der Waals surface area contributed by atoms with E-state index in [1.165, 1.54) is 0 Å². The number of ether oxygens (including phenoxy) is 2. The van der Waals surface area contributed by atoms with Crippen molar-refractivity contribution in [3.05, 3.63) is 53.9 Å². The molecule has 0 radical (unpaired) electrons. The van der Waals surface area contributed by atoms with Crippen molar-refractivity contribution >= 4 is 0 Å². The van der Waals surface area contributed by atoms with E-state index in [0.717, 1.165) is 0 Å². The summed E-state index contributed by atoms with van der Waals surface area (Å²) in [6.07, 6.45) is 0.880. The molecule has 4 heteroatoms. The number of rotatable bonds is 4. The summed E-state index contributed by atoms with van der Waals surface area (Å²) >= 11 is 0. The number of methoxy groups -OCH3 is 2. The van der Waals surface area contributed by atoms with Crippen LogP contribution in [0.15, 0.2) is 42.6 Å². The third-order valence-electron chi connectivity index (χ3n) is 2.69. The summed E-state index contributed by atoms with van der Waals surface area (Å²) in [5.41, 5.74) is 1.32. The van der Waals surface area contributed by atoms with E-state index >= 15 is 0 Å². The Kier molecular flexibility index (Phi) is 3.79. The van der Waals surface area contributed by atoms with Crippen molar-refractivity contribution in [2.45, 2.75) is 6.10 Å². The summed E-state index contributed by atoms with van der Waals surface area (Å²) in [7, 11) is 3.14. The molecule has 2 aromatic rings. The molecule has 0 aliphatic carbocycles. The summed E-state index contributed by atoms with van der Waals surface area (Å²) in [5.74, 6) is 1.22. The second-order valence-electron chi connectivity index (χ2n) is 3.77. The molecule has 1 aromatic heterocycles. The van der Waals surface area contributed by atoms with Gasteiger partial charge in [-0.1, -0.05) is 12.1 Å². The molecule has 0 fully saturated rings. The quantitative estimate of drug-likeness (QED) is 0.897. The maximum Gasteiger partial charge on any atom is 0.161 e. The lowest BCUT2D eigenvalue weighted by atomic mass is 10.1. The minimum absolute atomic E-state index is 0.588. The minimum atomic E-state index is -0.772. The lowest BCUT2D eigenvalue weighted by Gasteiger charge is -2.13.